The maximum absolute atomic E-state index is 6.25. The molecule has 0 saturated heterocycles. The van der Waals surface area contributed by atoms with Crippen molar-refractivity contribution >= 4 is 0 Å². The summed E-state index contributed by atoms with van der Waals surface area (Å²) in [6, 6.07) is 0. The van der Waals surface area contributed by atoms with E-state index in [1.807, 2.05) is 0 Å². The first-order valence-corrected chi connectivity index (χ1v) is 0.224. The van der Waals surface area contributed by atoms with E-state index >= 15 is 0 Å². The Bertz CT molecular complexity index is 16.4. The Morgan fingerprint density at radius 1 is 1.20 bits per heavy atom. The summed E-state index contributed by atoms with van der Waals surface area (Å²) in [4.78, 5) is 0. The molecule has 0 aromatic rings. The van der Waals surface area contributed by atoms with Crippen LogP contribution >= 0.6 is 0 Å². The number of hydrogen-bond acceptors (Lipinski definition) is 1. The first-order chi connectivity index (χ1) is 1.00. The second-order valence-corrected chi connectivity index (χ2v) is 0. The van der Waals surface area contributed by atoms with Gasteiger partial charge in [0.15, 0.2) is 0 Å². The molecule has 0 spiro atoms. The van der Waals surface area contributed by atoms with Gasteiger partial charge in [0.05, 0.1) is 0 Å². The summed E-state index contributed by atoms with van der Waals surface area (Å²) in [5, 5.41) is 6.25. The van der Waals surface area contributed by atoms with Gasteiger partial charge in [-0.2, -0.15) is 0 Å². The van der Waals surface area contributed by atoms with Crippen LogP contribution in [0, 0.1) is 11.8 Å². The van der Waals surface area contributed by atoms with E-state index in [4.69, 9.17) is 11.8 Å². The van der Waals surface area contributed by atoms with Crippen LogP contribution < -0.4 is 0 Å². The van der Waals surface area contributed by atoms with E-state index in [1.165, 1.54) is 0 Å². The Morgan fingerprint density at radius 3 is 1.20 bits per heavy atom. The molecule has 0 aromatic heterocycles. The third-order valence-electron chi connectivity index (χ3n) is 0. The molecule has 25 valence electrons. The third-order valence-corrected chi connectivity index (χ3v) is 0. The average molecular weight is 439 g/mol. The Balaban J connectivity index is -0.00000000167. The molecule has 4 heteroatoms. The quantitative estimate of drug-likeness (QED) is 0.389. The standard InChI is InChI=1S/CN.Ta.Ti.W/c1-2;;;/q-1;;;. The molecule has 0 fully saturated rings. The Morgan fingerprint density at radius 2 is 1.20 bits per heavy atom. The van der Waals surface area contributed by atoms with Gasteiger partial charge in [-0.1, -0.05) is 0 Å². The molecule has 0 N–H and O–H groups in total. The van der Waals surface area contributed by atoms with Crippen LogP contribution in [0.25, 0.3) is 0 Å². The summed E-state index contributed by atoms with van der Waals surface area (Å²) in [5.74, 6) is 0. The van der Waals surface area contributed by atoms with Crippen LogP contribution in [-0.4, -0.2) is 0 Å². The van der Waals surface area contributed by atoms with E-state index in [0.29, 0.717) is 0 Å². The van der Waals surface area contributed by atoms with Crippen molar-refractivity contribution in [2.75, 3.05) is 0 Å². The second kappa shape index (κ2) is 45.3. The van der Waals surface area contributed by atoms with Gasteiger partial charge >= 0.3 is 0 Å². The number of hydrogen-bond donors (Lipinski definition) is 0. The molecule has 0 atom stereocenters. The van der Waals surface area contributed by atoms with E-state index in [0.717, 1.165) is 0 Å². The number of nitrogens with zero attached hydrogens (tertiary/aromatic N) is 1. The van der Waals surface area contributed by atoms with Gasteiger partial charge in [-0.15, -0.1) is 0 Å². The summed E-state index contributed by atoms with van der Waals surface area (Å²) >= 11 is 0. The van der Waals surface area contributed by atoms with Crippen molar-refractivity contribution in [3.05, 3.63) is 6.57 Å². The van der Waals surface area contributed by atoms with Crippen LogP contribution in [0.4, 0.5) is 0 Å². The Kier molecular flexibility index (Phi) is 275. The fourth-order valence-corrected chi connectivity index (χ4v) is 0. The summed E-state index contributed by atoms with van der Waals surface area (Å²) in [5.41, 5.74) is 0. The van der Waals surface area contributed by atoms with Gasteiger partial charge in [0.1, 0.15) is 0 Å². The molecule has 0 aromatic carbocycles. The molecule has 0 aliphatic carbocycles. The smallest absolute Gasteiger partial charge is 0 e. The van der Waals surface area contributed by atoms with Crippen LogP contribution in [0.5, 0.6) is 0 Å². The summed E-state index contributed by atoms with van der Waals surface area (Å²) in [6.07, 6.45) is 0. The average Bonchev–Trinajstić information content (AvgIpc) is 1.00. The summed E-state index contributed by atoms with van der Waals surface area (Å²) < 4.78 is 0. The van der Waals surface area contributed by atoms with Gasteiger partial charge in [-0.25, -0.2) is 0 Å². The SMILES string of the molecule is [C-]#N.[Ta].[Ti].[W]. The molecule has 1 radical (unpaired) electrons. The largest absolute Gasteiger partial charge is 0.512 e. The minimum atomic E-state index is 0. The summed E-state index contributed by atoms with van der Waals surface area (Å²) in [6.45, 7) is 4.75. The van der Waals surface area contributed by atoms with Gasteiger partial charge in [0.2, 0.25) is 0 Å². The maximum atomic E-state index is 6.25. The van der Waals surface area contributed by atoms with Gasteiger partial charge in [0, 0.05) is 65.2 Å². The fraction of sp³-hybridized carbons (Fsp3) is 0. The van der Waals surface area contributed by atoms with E-state index in [-0.39, 0.29) is 65.2 Å². The van der Waals surface area contributed by atoms with Crippen LogP contribution in [0.15, 0.2) is 0 Å². The summed E-state index contributed by atoms with van der Waals surface area (Å²) in [7, 11) is 0. The molecule has 0 aliphatic heterocycles. The predicted octanol–water partition coefficient (Wildman–Crippen LogP) is 0.0889. The maximum Gasteiger partial charge on any atom is 0 e. The minimum Gasteiger partial charge on any atom is -0.512 e. The van der Waals surface area contributed by atoms with Crippen molar-refractivity contribution in [3.8, 4) is 0 Å². The van der Waals surface area contributed by atoms with E-state index in [9.17, 15) is 0 Å². The van der Waals surface area contributed by atoms with Gasteiger partial charge < -0.3 is 11.8 Å². The predicted molar refractivity (Wildman–Crippen MR) is 4.97 cm³/mol. The van der Waals surface area contributed by atoms with Gasteiger partial charge in [-0.05, 0) is 0 Å². The molecule has 0 amide bonds. The number of rotatable bonds is 0. The second-order valence-electron chi connectivity index (χ2n) is 0. The third kappa shape index (κ3) is 27.9. The van der Waals surface area contributed by atoms with Crippen molar-refractivity contribution < 1.29 is 65.2 Å². The van der Waals surface area contributed by atoms with Crippen molar-refractivity contribution in [1.29, 1.82) is 5.26 Å². The molecule has 0 aliphatic rings. The molecule has 0 unspecified atom stereocenters. The van der Waals surface area contributed by atoms with Crippen molar-refractivity contribution in [1.82, 2.24) is 0 Å². The Hall–Kier alpha value is 1.63. The molecule has 5 heavy (non-hydrogen) atoms. The van der Waals surface area contributed by atoms with Crippen LogP contribution in [-0.2, 0) is 65.2 Å². The van der Waals surface area contributed by atoms with Gasteiger partial charge in [-0.3, -0.25) is 0 Å². The fourth-order valence-electron chi connectivity index (χ4n) is 0. The molecule has 0 saturated carbocycles. The molecule has 0 bridgehead atoms. The van der Waals surface area contributed by atoms with Crippen molar-refractivity contribution in [2.24, 2.45) is 0 Å². The minimum absolute atomic E-state index is 0. The van der Waals surface area contributed by atoms with Crippen molar-refractivity contribution in [3.63, 3.8) is 0 Å². The molecule has 0 rings (SSSR count). The zero-order valence-corrected chi connectivity index (χ0v) is 10.0. The zero-order valence-electron chi connectivity index (χ0n) is 2.30. The monoisotopic (exact) mass is 439 g/mol. The Labute approximate surface area is 76.2 Å². The van der Waals surface area contributed by atoms with Crippen LogP contribution in [0.3, 0.4) is 0 Å². The van der Waals surface area contributed by atoms with E-state index < -0.39 is 0 Å². The molecular weight excluding hydrogens is 439 g/mol. The van der Waals surface area contributed by atoms with E-state index in [2.05, 4.69) is 0 Å². The molecule has 1 nitrogen and oxygen atoms in total. The topological polar surface area (TPSA) is 23.8 Å². The van der Waals surface area contributed by atoms with Crippen LogP contribution in [0.2, 0.25) is 0 Å². The van der Waals surface area contributed by atoms with Crippen molar-refractivity contribution in [2.45, 2.75) is 0 Å². The normalized spacial score (nSPS) is 0.400. The van der Waals surface area contributed by atoms with Crippen LogP contribution in [0.1, 0.15) is 0 Å². The first-order valence-electron chi connectivity index (χ1n) is 0.224. The molecular formula is CNTaTiW-. The first kappa shape index (κ1) is 30.4. The molecule has 0 heterocycles. The zero-order chi connectivity index (χ0) is 2.00. The van der Waals surface area contributed by atoms with E-state index in [1.54, 1.807) is 0 Å². The van der Waals surface area contributed by atoms with Gasteiger partial charge in [0.25, 0.3) is 0 Å².